The molecule has 0 radical (unpaired) electrons. The predicted molar refractivity (Wildman–Crippen MR) is 93.3 cm³/mol. The molecule has 0 unspecified atom stereocenters. The van der Waals surface area contributed by atoms with Gasteiger partial charge in [0.05, 0.1) is 6.61 Å². The second-order valence-corrected chi connectivity index (χ2v) is 5.92. The monoisotopic (exact) mass is 311 g/mol. The van der Waals surface area contributed by atoms with Crippen LogP contribution in [0.1, 0.15) is 25.8 Å². The molecule has 23 heavy (non-hydrogen) atoms. The highest BCUT2D eigenvalue weighted by Crippen LogP contribution is 2.11. The third-order valence-corrected chi connectivity index (χ3v) is 3.61. The lowest BCUT2D eigenvalue weighted by Crippen LogP contribution is -2.35. The number of benzene rings is 2. The molecule has 2 aromatic carbocycles. The topological polar surface area (TPSA) is 29.5 Å². The third-order valence-electron chi connectivity index (χ3n) is 3.61. The Kier molecular flexibility index (Phi) is 6.67. The van der Waals surface area contributed by atoms with Gasteiger partial charge in [0.1, 0.15) is 5.75 Å². The second kappa shape index (κ2) is 8.99. The van der Waals surface area contributed by atoms with Crippen molar-refractivity contribution in [3.63, 3.8) is 0 Å². The number of para-hydroxylation sites is 1. The van der Waals surface area contributed by atoms with Crippen LogP contribution >= 0.6 is 0 Å². The second-order valence-electron chi connectivity index (χ2n) is 5.92. The zero-order valence-electron chi connectivity index (χ0n) is 13.9. The van der Waals surface area contributed by atoms with Crippen LogP contribution in [0.5, 0.6) is 5.75 Å². The summed E-state index contributed by atoms with van der Waals surface area (Å²) in [5, 5.41) is 0. The summed E-state index contributed by atoms with van der Waals surface area (Å²) in [7, 11) is 0. The molecule has 122 valence electrons. The number of amides is 1. The van der Waals surface area contributed by atoms with Crippen molar-refractivity contribution in [2.24, 2.45) is 5.92 Å². The summed E-state index contributed by atoms with van der Waals surface area (Å²) in [6.07, 6.45) is 0.820. The van der Waals surface area contributed by atoms with E-state index in [1.54, 1.807) is 0 Å². The summed E-state index contributed by atoms with van der Waals surface area (Å²) < 4.78 is 5.71. The summed E-state index contributed by atoms with van der Waals surface area (Å²) >= 11 is 0. The van der Waals surface area contributed by atoms with Gasteiger partial charge in [-0.05, 0) is 24.1 Å². The fourth-order valence-electron chi connectivity index (χ4n) is 2.40. The van der Waals surface area contributed by atoms with E-state index in [2.05, 4.69) is 12.1 Å². The first kappa shape index (κ1) is 17.1. The van der Waals surface area contributed by atoms with Crippen LogP contribution in [0.4, 0.5) is 0 Å². The largest absolute Gasteiger partial charge is 0.494 e. The van der Waals surface area contributed by atoms with E-state index in [0.29, 0.717) is 19.7 Å². The standard InChI is InChI=1S/C20H25NO2/c1-17(2)20(22)21(16-18-10-5-3-6-11-18)14-9-15-23-19-12-7-4-8-13-19/h3-8,10-13,17H,9,14-16H2,1-2H3. The van der Waals surface area contributed by atoms with Crippen LogP contribution in [0.2, 0.25) is 0 Å². The zero-order valence-corrected chi connectivity index (χ0v) is 13.9. The summed E-state index contributed by atoms with van der Waals surface area (Å²) in [4.78, 5) is 14.3. The van der Waals surface area contributed by atoms with Gasteiger partial charge in [-0.2, -0.15) is 0 Å². The molecule has 0 fully saturated rings. The molecule has 0 N–H and O–H groups in total. The molecule has 0 atom stereocenters. The van der Waals surface area contributed by atoms with E-state index in [4.69, 9.17) is 4.74 Å². The minimum absolute atomic E-state index is 0.00811. The predicted octanol–water partition coefficient (Wildman–Crippen LogP) is 4.14. The average Bonchev–Trinajstić information content (AvgIpc) is 2.58. The van der Waals surface area contributed by atoms with Gasteiger partial charge in [0.25, 0.3) is 0 Å². The van der Waals surface area contributed by atoms with Crippen molar-refractivity contribution >= 4 is 5.91 Å². The van der Waals surface area contributed by atoms with E-state index >= 15 is 0 Å². The molecular formula is C20H25NO2. The Hall–Kier alpha value is -2.29. The van der Waals surface area contributed by atoms with Crippen LogP contribution in [0.25, 0.3) is 0 Å². The SMILES string of the molecule is CC(C)C(=O)N(CCCOc1ccccc1)Cc1ccccc1. The van der Waals surface area contributed by atoms with Gasteiger partial charge in [0, 0.05) is 19.0 Å². The van der Waals surface area contributed by atoms with Crippen molar-refractivity contribution in [3.05, 3.63) is 66.2 Å². The highest BCUT2D eigenvalue weighted by molar-refractivity contribution is 5.78. The van der Waals surface area contributed by atoms with Crippen molar-refractivity contribution < 1.29 is 9.53 Å². The lowest BCUT2D eigenvalue weighted by molar-refractivity contribution is -0.135. The Balaban J connectivity index is 1.86. The van der Waals surface area contributed by atoms with Gasteiger partial charge in [-0.25, -0.2) is 0 Å². The Bertz CT molecular complexity index is 581. The molecule has 2 aromatic rings. The number of carbonyl (C=O) groups excluding carboxylic acids is 1. The first-order valence-electron chi connectivity index (χ1n) is 8.17. The van der Waals surface area contributed by atoms with E-state index in [0.717, 1.165) is 17.7 Å². The summed E-state index contributed by atoms with van der Waals surface area (Å²) in [5.41, 5.74) is 1.16. The maximum Gasteiger partial charge on any atom is 0.225 e. The molecule has 0 saturated carbocycles. The lowest BCUT2D eigenvalue weighted by Gasteiger charge is -2.25. The Labute approximate surface area is 138 Å². The zero-order chi connectivity index (χ0) is 16.5. The first-order valence-corrected chi connectivity index (χ1v) is 8.17. The number of carbonyl (C=O) groups is 1. The molecule has 0 spiro atoms. The molecule has 0 aliphatic carbocycles. The van der Waals surface area contributed by atoms with Crippen LogP contribution < -0.4 is 4.74 Å². The van der Waals surface area contributed by atoms with E-state index < -0.39 is 0 Å². The van der Waals surface area contributed by atoms with Gasteiger partial charge in [0.2, 0.25) is 5.91 Å². The number of nitrogens with zero attached hydrogens (tertiary/aromatic N) is 1. The van der Waals surface area contributed by atoms with E-state index in [-0.39, 0.29) is 11.8 Å². The molecule has 0 aromatic heterocycles. The fraction of sp³-hybridized carbons (Fsp3) is 0.350. The molecule has 0 bridgehead atoms. The van der Waals surface area contributed by atoms with Gasteiger partial charge < -0.3 is 9.64 Å². The molecule has 3 nitrogen and oxygen atoms in total. The minimum atomic E-state index is 0.00811. The number of rotatable bonds is 8. The van der Waals surface area contributed by atoms with Gasteiger partial charge in [-0.15, -0.1) is 0 Å². The molecular weight excluding hydrogens is 286 g/mol. The Morgan fingerprint density at radius 1 is 1.00 bits per heavy atom. The van der Waals surface area contributed by atoms with Crippen molar-refractivity contribution in [2.45, 2.75) is 26.8 Å². The smallest absolute Gasteiger partial charge is 0.225 e. The third kappa shape index (κ3) is 5.78. The highest BCUT2D eigenvalue weighted by atomic mass is 16.5. The van der Waals surface area contributed by atoms with Gasteiger partial charge in [-0.1, -0.05) is 62.4 Å². The lowest BCUT2D eigenvalue weighted by atomic mass is 10.1. The van der Waals surface area contributed by atoms with Gasteiger partial charge in [-0.3, -0.25) is 4.79 Å². The number of ether oxygens (including phenoxy) is 1. The normalized spacial score (nSPS) is 10.6. The summed E-state index contributed by atoms with van der Waals surface area (Å²) in [6.45, 7) is 5.87. The molecule has 0 saturated heterocycles. The van der Waals surface area contributed by atoms with E-state index in [1.165, 1.54) is 0 Å². The van der Waals surface area contributed by atoms with E-state index in [1.807, 2.05) is 67.3 Å². The number of hydrogen-bond acceptors (Lipinski definition) is 2. The quantitative estimate of drug-likeness (QED) is 0.686. The van der Waals surface area contributed by atoms with Crippen molar-refractivity contribution in [3.8, 4) is 5.75 Å². The van der Waals surface area contributed by atoms with Gasteiger partial charge >= 0.3 is 0 Å². The van der Waals surface area contributed by atoms with Crippen LogP contribution in [-0.4, -0.2) is 24.0 Å². The van der Waals surface area contributed by atoms with Crippen LogP contribution in [0, 0.1) is 5.92 Å². The van der Waals surface area contributed by atoms with Crippen molar-refractivity contribution in [1.82, 2.24) is 4.90 Å². The maximum atomic E-state index is 12.4. The van der Waals surface area contributed by atoms with Crippen LogP contribution in [0.15, 0.2) is 60.7 Å². The van der Waals surface area contributed by atoms with E-state index in [9.17, 15) is 4.79 Å². The Morgan fingerprint density at radius 2 is 1.61 bits per heavy atom. The molecule has 2 rings (SSSR count). The fourth-order valence-corrected chi connectivity index (χ4v) is 2.40. The van der Waals surface area contributed by atoms with Crippen LogP contribution in [-0.2, 0) is 11.3 Å². The number of hydrogen-bond donors (Lipinski definition) is 0. The average molecular weight is 311 g/mol. The Morgan fingerprint density at radius 3 is 2.22 bits per heavy atom. The van der Waals surface area contributed by atoms with Crippen molar-refractivity contribution in [2.75, 3.05) is 13.2 Å². The minimum Gasteiger partial charge on any atom is -0.494 e. The molecule has 1 amide bonds. The molecule has 0 aliphatic heterocycles. The summed E-state index contributed by atoms with van der Waals surface area (Å²) in [6, 6.07) is 19.9. The molecule has 3 heteroatoms. The molecule has 0 heterocycles. The highest BCUT2D eigenvalue weighted by Gasteiger charge is 2.17. The van der Waals surface area contributed by atoms with Gasteiger partial charge in [0.15, 0.2) is 0 Å². The van der Waals surface area contributed by atoms with Crippen molar-refractivity contribution in [1.29, 1.82) is 0 Å². The van der Waals surface area contributed by atoms with Crippen LogP contribution in [0.3, 0.4) is 0 Å². The maximum absolute atomic E-state index is 12.4. The first-order chi connectivity index (χ1) is 11.2. The summed E-state index contributed by atoms with van der Waals surface area (Å²) in [5.74, 6) is 1.07. The molecule has 0 aliphatic rings.